The van der Waals surface area contributed by atoms with Crippen molar-refractivity contribution in [1.82, 2.24) is 0 Å². The van der Waals surface area contributed by atoms with Gasteiger partial charge >= 0.3 is 5.97 Å². The van der Waals surface area contributed by atoms with Crippen molar-refractivity contribution in [3.05, 3.63) is 23.7 Å². The molecule has 1 unspecified atom stereocenters. The van der Waals surface area contributed by atoms with E-state index in [0.29, 0.717) is 5.75 Å². The summed E-state index contributed by atoms with van der Waals surface area (Å²) in [4.78, 5) is 10.3. The number of carbonyl (C=O) groups is 1. The molecule has 0 radical (unpaired) electrons. The zero-order chi connectivity index (χ0) is 10.6. The van der Waals surface area contributed by atoms with Gasteiger partial charge in [0.25, 0.3) is 0 Å². The summed E-state index contributed by atoms with van der Waals surface area (Å²) in [6, 6.07) is 1.85. The summed E-state index contributed by atoms with van der Waals surface area (Å²) in [7, 11) is 0. The van der Waals surface area contributed by atoms with E-state index in [2.05, 4.69) is 0 Å². The molecule has 0 bridgehead atoms. The first kappa shape index (κ1) is 11.1. The van der Waals surface area contributed by atoms with Crippen molar-refractivity contribution in [2.45, 2.75) is 18.8 Å². The van der Waals surface area contributed by atoms with E-state index in [1.807, 2.05) is 13.0 Å². The molecule has 1 heterocycles. The zero-order valence-electron chi connectivity index (χ0n) is 7.77. The Morgan fingerprint density at radius 2 is 2.43 bits per heavy atom. The van der Waals surface area contributed by atoms with Gasteiger partial charge in [-0.2, -0.15) is 11.8 Å². The van der Waals surface area contributed by atoms with Crippen LogP contribution in [0.25, 0.3) is 0 Å². The van der Waals surface area contributed by atoms with Crippen molar-refractivity contribution in [2.75, 3.05) is 5.75 Å². The van der Waals surface area contributed by atoms with Crippen LogP contribution in [-0.2, 0) is 10.5 Å². The lowest BCUT2D eigenvalue weighted by molar-refractivity contribution is -0.145. The monoisotopic (exact) mass is 216 g/mol. The van der Waals surface area contributed by atoms with Crippen LogP contribution in [0.5, 0.6) is 0 Å². The molecular weight excluding hydrogens is 204 g/mol. The van der Waals surface area contributed by atoms with E-state index >= 15 is 0 Å². The molecular formula is C9H12O4S. The number of aliphatic carboxylic acids is 1. The highest BCUT2D eigenvalue weighted by Gasteiger charge is 2.13. The van der Waals surface area contributed by atoms with Crippen molar-refractivity contribution in [1.29, 1.82) is 0 Å². The van der Waals surface area contributed by atoms with Crippen LogP contribution in [0.4, 0.5) is 0 Å². The van der Waals surface area contributed by atoms with Gasteiger partial charge < -0.3 is 14.6 Å². The maximum atomic E-state index is 10.3. The summed E-state index contributed by atoms with van der Waals surface area (Å²) in [5.41, 5.74) is 1.04. The maximum Gasteiger partial charge on any atom is 0.333 e. The number of thioether (sulfide) groups is 1. The third-order valence-corrected chi connectivity index (χ3v) is 2.78. The molecule has 4 nitrogen and oxygen atoms in total. The van der Waals surface area contributed by atoms with Gasteiger partial charge in [-0.1, -0.05) is 0 Å². The molecule has 0 fully saturated rings. The van der Waals surface area contributed by atoms with Crippen molar-refractivity contribution >= 4 is 17.7 Å². The Hall–Kier alpha value is -0.940. The summed E-state index contributed by atoms with van der Waals surface area (Å²) in [5, 5.41) is 17.4. The molecule has 1 rings (SSSR count). The molecule has 1 aromatic rings. The summed E-state index contributed by atoms with van der Waals surface area (Å²) in [6.07, 6.45) is 0.300. The number of aliphatic hydroxyl groups excluding tert-OH is 1. The number of aliphatic hydroxyl groups is 1. The molecule has 0 spiro atoms. The fourth-order valence-corrected chi connectivity index (χ4v) is 1.85. The fraction of sp³-hybridized carbons (Fsp3) is 0.444. The standard InChI is InChI=1S/C9H12O4S/c1-6-2-3-13-8(6)5-14-4-7(10)9(11)12/h2-3,7,10H,4-5H2,1H3,(H,11,12). The zero-order valence-corrected chi connectivity index (χ0v) is 8.58. The lowest BCUT2D eigenvalue weighted by atomic mass is 10.3. The molecule has 78 valence electrons. The van der Waals surface area contributed by atoms with Crippen LogP contribution < -0.4 is 0 Å². The van der Waals surface area contributed by atoms with E-state index in [0.717, 1.165) is 11.3 Å². The van der Waals surface area contributed by atoms with Crippen LogP contribution in [0.2, 0.25) is 0 Å². The number of aryl methyl sites for hydroxylation is 1. The highest BCUT2D eigenvalue weighted by molar-refractivity contribution is 7.98. The minimum absolute atomic E-state index is 0.176. The van der Waals surface area contributed by atoms with E-state index in [1.54, 1.807) is 6.26 Å². The van der Waals surface area contributed by atoms with E-state index in [-0.39, 0.29) is 5.75 Å². The lowest BCUT2D eigenvalue weighted by Crippen LogP contribution is -2.21. The van der Waals surface area contributed by atoms with Crippen LogP contribution in [0.15, 0.2) is 16.7 Å². The van der Waals surface area contributed by atoms with E-state index in [1.165, 1.54) is 11.8 Å². The molecule has 0 aliphatic carbocycles. The molecule has 0 amide bonds. The second-order valence-corrected chi connectivity index (χ2v) is 3.93. The Kier molecular flexibility index (Phi) is 4.03. The molecule has 1 aromatic heterocycles. The minimum Gasteiger partial charge on any atom is -0.479 e. The molecule has 14 heavy (non-hydrogen) atoms. The number of carboxylic acids is 1. The predicted molar refractivity (Wildman–Crippen MR) is 53.2 cm³/mol. The molecule has 0 saturated carbocycles. The van der Waals surface area contributed by atoms with Crippen molar-refractivity contribution < 1.29 is 19.4 Å². The molecule has 0 aliphatic heterocycles. The summed E-state index contributed by atoms with van der Waals surface area (Å²) >= 11 is 1.34. The van der Waals surface area contributed by atoms with E-state index in [9.17, 15) is 4.79 Å². The van der Waals surface area contributed by atoms with Gasteiger partial charge in [-0.05, 0) is 18.6 Å². The Balaban J connectivity index is 2.29. The normalized spacial score (nSPS) is 12.7. The smallest absolute Gasteiger partial charge is 0.333 e. The third-order valence-electron chi connectivity index (χ3n) is 1.76. The van der Waals surface area contributed by atoms with Gasteiger partial charge in [0.05, 0.1) is 12.0 Å². The molecule has 0 aliphatic rings. The molecule has 1 atom stereocenters. The molecule has 0 aromatic carbocycles. The van der Waals surface area contributed by atoms with Crippen molar-refractivity contribution in [2.24, 2.45) is 0 Å². The number of hydrogen-bond donors (Lipinski definition) is 2. The van der Waals surface area contributed by atoms with Gasteiger partial charge in [0.1, 0.15) is 5.76 Å². The summed E-state index contributed by atoms with van der Waals surface area (Å²) < 4.78 is 5.16. The molecule has 2 N–H and O–H groups in total. The Morgan fingerprint density at radius 1 is 1.71 bits per heavy atom. The first-order valence-electron chi connectivity index (χ1n) is 4.13. The average Bonchev–Trinajstić information content (AvgIpc) is 2.51. The quantitative estimate of drug-likeness (QED) is 0.775. The van der Waals surface area contributed by atoms with Gasteiger partial charge in [-0.3, -0.25) is 0 Å². The Labute approximate surface area is 85.9 Å². The van der Waals surface area contributed by atoms with Gasteiger partial charge in [0.15, 0.2) is 6.10 Å². The first-order chi connectivity index (χ1) is 6.61. The Bertz CT molecular complexity index is 308. The molecule has 5 heteroatoms. The topological polar surface area (TPSA) is 70.7 Å². The number of hydrogen-bond acceptors (Lipinski definition) is 4. The number of carboxylic acid groups (broad SMARTS) is 1. The minimum atomic E-state index is -1.30. The second-order valence-electron chi connectivity index (χ2n) is 2.90. The van der Waals surface area contributed by atoms with Crippen LogP contribution >= 0.6 is 11.8 Å². The van der Waals surface area contributed by atoms with Gasteiger partial charge in [-0.15, -0.1) is 0 Å². The highest BCUT2D eigenvalue weighted by Crippen LogP contribution is 2.17. The number of furan rings is 1. The summed E-state index contributed by atoms with van der Waals surface area (Å²) in [5.74, 6) is 0.403. The van der Waals surface area contributed by atoms with Crippen LogP contribution in [0, 0.1) is 6.92 Å². The fourth-order valence-electron chi connectivity index (χ4n) is 0.887. The van der Waals surface area contributed by atoms with Gasteiger partial charge in [-0.25, -0.2) is 4.79 Å². The van der Waals surface area contributed by atoms with Crippen LogP contribution in [0.3, 0.4) is 0 Å². The third kappa shape index (κ3) is 3.08. The maximum absolute atomic E-state index is 10.3. The number of rotatable bonds is 5. The summed E-state index contributed by atoms with van der Waals surface area (Å²) in [6.45, 7) is 1.92. The largest absolute Gasteiger partial charge is 0.479 e. The van der Waals surface area contributed by atoms with Gasteiger partial charge in [0, 0.05) is 5.75 Å². The highest BCUT2D eigenvalue weighted by atomic mass is 32.2. The van der Waals surface area contributed by atoms with Crippen molar-refractivity contribution in [3.8, 4) is 0 Å². The lowest BCUT2D eigenvalue weighted by Gasteiger charge is -2.03. The van der Waals surface area contributed by atoms with E-state index in [4.69, 9.17) is 14.6 Å². The SMILES string of the molecule is Cc1ccoc1CSCC(O)C(=O)O. The van der Waals surface area contributed by atoms with E-state index < -0.39 is 12.1 Å². The van der Waals surface area contributed by atoms with Gasteiger partial charge in [0.2, 0.25) is 0 Å². The first-order valence-corrected chi connectivity index (χ1v) is 5.28. The Morgan fingerprint density at radius 3 is 2.93 bits per heavy atom. The van der Waals surface area contributed by atoms with Crippen LogP contribution in [-0.4, -0.2) is 28.0 Å². The second kappa shape index (κ2) is 5.07. The van der Waals surface area contributed by atoms with Crippen LogP contribution in [0.1, 0.15) is 11.3 Å². The van der Waals surface area contributed by atoms with Crippen molar-refractivity contribution in [3.63, 3.8) is 0 Å². The predicted octanol–water partition coefficient (Wildman–Crippen LogP) is 1.27. The average molecular weight is 216 g/mol. The molecule has 0 saturated heterocycles.